The summed E-state index contributed by atoms with van der Waals surface area (Å²) < 4.78 is 11.7. The van der Waals surface area contributed by atoms with Crippen molar-refractivity contribution in [2.24, 2.45) is 0 Å². The van der Waals surface area contributed by atoms with E-state index in [9.17, 15) is 0 Å². The molecular formula is C27H20N2O2. The van der Waals surface area contributed by atoms with Crippen molar-refractivity contribution in [2.45, 2.75) is 0 Å². The second-order valence-corrected chi connectivity index (χ2v) is 7.05. The van der Waals surface area contributed by atoms with Gasteiger partial charge in [0.25, 0.3) is 0 Å². The molecule has 1 heterocycles. The molecule has 1 aromatic heterocycles. The molecular weight excluding hydrogens is 384 g/mol. The maximum Gasteiger partial charge on any atom is 0.127 e. The molecule has 0 aliphatic heterocycles. The smallest absolute Gasteiger partial charge is 0.127 e. The van der Waals surface area contributed by atoms with Crippen LogP contribution in [0.1, 0.15) is 0 Å². The van der Waals surface area contributed by atoms with Gasteiger partial charge >= 0.3 is 0 Å². The molecule has 4 heteroatoms. The van der Waals surface area contributed by atoms with Crippen molar-refractivity contribution in [3.8, 4) is 45.5 Å². The Morgan fingerprint density at radius 2 is 0.935 bits per heavy atom. The molecule has 0 bridgehead atoms. The van der Waals surface area contributed by atoms with Crippen LogP contribution in [0.3, 0.4) is 0 Å². The molecule has 0 atom stereocenters. The summed E-state index contributed by atoms with van der Waals surface area (Å²) in [5.41, 5.74) is 3.90. The number of nitrogens with zero attached hydrogens (tertiary/aromatic N) is 1. The maximum atomic E-state index is 5.86. The molecule has 150 valence electrons. The normalized spacial score (nSPS) is 10.6. The molecule has 0 amide bonds. The number of aromatic amines is 1. The van der Waals surface area contributed by atoms with Gasteiger partial charge in [0, 0.05) is 5.56 Å². The third-order valence-corrected chi connectivity index (χ3v) is 4.85. The Bertz CT molecular complexity index is 1150. The third kappa shape index (κ3) is 4.49. The van der Waals surface area contributed by atoms with Gasteiger partial charge in [-0.25, -0.2) is 0 Å². The van der Waals surface area contributed by atoms with Crippen LogP contribution in [-0.2, 0) is 0 Å². The molecule has 0 spiro atoms. The molecule has 0 aliphatic rings. The van der Waals surface area contributed by atoms with Crippen LogP contribution in [0, 0.1) is 0 Å². The fourth-order valence-corrected chi connectivity index (χ4v) is 3.26. The molecule has 0 saturated heterocycles. The number of rotatable bonds is 6. The zero-order chi connectivity index (χ0) is 20.9. The Labute approximate surface area is 180 Å². The van der Waals surface area contributed by atoms with Crippen molar-refractivity contribution >= 4 is 0 Å². The number of nitrogens with one attached hydrogen (secondary N) is 1. The molecule has 4 aromatic carbocycles. The lowest BCUT2D eigenvalue weighted by molar-refractivity contribution is 0.482. The van der Waals surface area contributed by atoms with Gasteiger partial charge in [0.1, 0.15) is 23.0 Å². The van der Waals surface area contributed by atoms with E-state index in [2.05, 4.69) is 10.2 Å². The van der Waals surface area contributed by atoms with Crippen LogP contribution in [0.25, 0.3) is 22.5 Å². The van der Waals surface area contributed by atoms with Gasteiger partial charge < -0.3 is 9.47 Å². The Balaban J connectivity index is 1.28. The van der Waals surface area contributed by atoms with Crippen molar-refractivity contribution in [3.63, 3.8) is 0 Å². The van der Waals surface area contributed by atoms with E-state index in [0.717, 1.165) is 45.5 Å². The lowest BCUT2D eigenvalue weighted by Crippen LogP contribution is -1.84. The summed E-state index contributed by atoms with van der Waals surface area (Å²) in [5.74, 6) is 3.22. The second-order valence-electron chi connectivity index (χ2n) is 7.05. The Morgan fingerprint density at radius 3 is 1.45 bits per heavy atom. The van der Waals surface area contributed by atoms with Gasteiger partial charge in [-0.05, 0) is 84.4 Å². The number of benzene rings is 4. The summed E-state index contributed by atoms with van der Waals surface area (Å²) in [6, 6.07) is 37.4. The lowest BCUT2D eigenvalue weighted by Gasteiger charge is -2.06. The minimum Gasteiger partial charge on any atom is -0.457 e. The fourth-order valence-electron chi connectivity index (χ4n) is 3.26. The molecule has 0 saturated carbocycles. The molecule has 4 nitrogen and oxygen atoms in total. The number of hydrogen-bond donors (Lipinski definition) is 1. The van der Waals surface area contributed by atoms with Gasteiger partial charge in [0.05, 0.1) is 11.4 Å². The Morgan fingerprint density at radius 1 is 0.484 bits per heavy atom. The van der Waals surface area contributed by atoms with E-state index in [-0.39, 0.29) is 0 Å². The minimum absolute atomic E-state index is 0.791. The van der Waals surface area contributed by atoms with E-state index in [1.165, 1.54) is 0 Å². The largest absolute Gasteiger partial charge is 0.457 e. The monoisotopic (exact) mass is 404 g/mol. The third-order valence-electron chi connectivity index (χ3n) is 4.85. The summed E-state index contributed by atoms with van der Waals surface area (Å²) in [6.45, 7) is 0. The van der Waals surface area contributed by atoms with Crippen molar-refractivity contribution in [2.75, 3.05) is 0 Å². The highest BCUT2D eigenvalue weighted by molar-refractivity contribution is 5.69. The molecule has 0 radical (unpaired) electrons. The molecule has 0 aliphatic carbocycles. The molecule has 5 rings (SSSR count). The predicted octanol–water partition coefficient (Wildman–Crippen LogP) is 7.33. The quantitative estimate of drug-likeness (QED) is 0.322. The standard InChI is InChI=1S/C27H20N2O2/c1-3-7-22(8-4-1)30-24-15-11-20(12-16-24)26-19-27(29-28-26)21-13-17-25(18-14-21)31-23-9-5-2-6-10-23/h1-19H,(H,28,29). The number of para-hydroxylation sites is 2. The lowest BCUT2D eigenvalue weighted by atomic mass is 10.1. The summed E-state index contributed by atoms with van der Waals surface area (Å²) in [4.78, 5) is 0. The number of aromatic nitrogens is 2. The fraction of sp³-hybridized carbons (Fsp3) is 0. The zero-order valence-electron chi connectivity index (χ0n) is 16.7. The van der Waals surface area contributed by atoms with Crippen LogP contribution in [0.5, 0.6) is 23.0 Å². The van der Waals surface area contributed by atoms with Gasteiger partial charge in [0.2, 0.25) is 0 Å². The number of H-pyrrole nitrogens is 1. The Hall–Kier alpha value is -4.31. The minimum atomic E-state index is 0.791. The Kier molecular flexibility index (Phi) is 5.18. The molecule has 1 N–H and O–H groups in total. The van der Waals surface area contributed by atoms with E-state index in [4.69, 9.17) is 9.47 Å². The van der Waals surface area contributed by atoms with Gasteiger partial charge in [-0.1, -0.05) is 36.4 Å². The van der Waals surface area contributed by atoms with E-state index in [1.54, 1.807) is 0 Å². The van der Waals surface area contributed by atoms with Gasteiger partial charge in [0.15, 0.2) is 0 Å². The predicted molar refractivity (Wildman–Crippen MR) is 122 cm³/mol. The first-order valence-electron chi connectivity index (χ1n) is 10.1. The van der Waals surface area contributed by atoms with E-state index < -0.39 is 0 Å². The van der Waals surface area contributed by atoms with Crippen molar-refractivity contribution < 1.29 is 9.47 Å². The molecule has 0 fully saturated rings. The summed E-state index contributed by atoms with van der Waals surface area (Å²) >= 11 is 0. The number of ether oxygens (including phenoxy) is 2. The van der Waals surface area contributed by atoms with Crippen LogP contribution >= 0.6 is 0 Å². The highest BCUT2D eigenvalue weighted by atomic mass is 16.5. The molecule has 0 unspecified atom stereocenters. The van der Waals surface area contributed by atoms with Gasteiger partial charge in [-0.15, -0.1) is 0 Å². The zero-order valence-corrected chi connectivity index (χ0v) is 16.7. The summed E-state index contributed by atoms with van der Waals surface area (Å²) in [5, 5.41) is 7.59. The van der Waals surface area contributed by atoms with Gasteiger partial charge in [-0.2, -0.15) is 5.10 Å². The van der Waals surface area contributed by atoms with E-state index in [1.807, 2.05) is 115 Å². The summed E-state index contributed by atoms with van der Waals surface area (Å²) in [7, 11) is 0. The first-order chi connectivity index (χ1) is 15.3. The van der Waals surface area contributed by atoms with Crippen molar-refractivity contribution in [1.82, 2.24) is 10.2 Å². The van der Waals surface area contributed by atoms with Crippen LogP contribution < -0.4 is 9.47 Å². The highest BCUT2D eigenvalue weighted by Gasteiger charge is 2.07. The topological polar surface area (TPSA) is 47.1 Å². The molecule has 31 heavy (non-hydrogen) atoms. The maximum absolute atomic E-state index is 5.86. The van der Waals surface area contributed by atoms with Crippen LogP contribution in [0.15, 0.2) is 115 Å². The average Bonchev–Trinajstić information content (AvgIpc) is 3.32. The number of hydrogen-bond acceptors (Lipinski definition) is 3. The summed E-state index contributed by atoms with van der Waals surface area (Å²) in [6.07, 6.45) is 0. The van der Waals surface area contributed by atoms with Crippen molar-refractivity contribution in [1.29, 1.82) is 0 Å². The first-order valence-corrected chi connectivity index (χ1v) is 10.1. The molecule has 5 aromatic rings. The highest BCUT2D eigenvalue weighted by Crippen LogP contribution is 2.29. The average molecular weight is 404 g/mol. The second kappa shape index (κ2) is 8.59. The van der Waals surface area contributed by atoms with Gasteiger partial charge in [-0.3, -0.25) is 5.10 Å². The first kappa shape index (κ1) is 18.7. The van der Waals surface area contributed by atoms with E-state index in [0.29, 0.717) is 0 Å². The van der Waals surface area contributed by atoms with Crippen LogP contribution in [0.4, 0.5) is 0 Å². The van der Waals surface area contributed by atoms with Crippen molar-refractivity contribution in [3.05, 3.63) is 115 Å². The van der Waals surface area contributed by atoms with E-state index >= 15 is 0 Å². The van der Waals surface area contributed by atoms with Crippen LogP contribution in [0.2, 0.25) is 0 Å². The SMILES string of the molecule is c1ccc(Oc2ccc(-c3cc(-c4ccc(Oc5ccccc5)cc4)[nH]n3)cc2)cc1. The van der Waals surface area contributed by atoms with Crippen LogP contribution in [-0.4, -0.2) is 10.2 Å².